The van der Waals surface area contributed by atoms with Gasteiger partial charge in [-0.3, -0.25) is 4.31 Å². The molecule has 0 heterocycles. The smallest absolute Gasteiger partial charge is 0.264 e. The maximum atomic E-state index is 13.7. The predicted molar refractivity (Wildman–Crippen MR) is 117 cm³/mol. The van der Waals surface area contributed by atoms with Gasteiger partial charge in [0.05, 0.1) is 38.0 Å². The van der Waals surface area contributed by atoms with Gasteiger partial charge in [0.2, 0.25) is 0 Å². The molecule has 0 unspecified atom stereocenters. The van der Waals surface area contributed by atoms with Gasteiger partial charge in [-0.25, -0.2) is 8.42 Å². The van der Waals surface area contributed by atoms with Crippen LogP contribution in [0.15, 0.2) is 77.7 Å². The minimum atomic E-state index is -3.89. The zero-order chi connectivity index (χ0) is 21.7. The number of sulfonamides is 1. The second-order valence-electron chi connectivity index (χ2n) is 6.60. The normalized spacial score (nSPS) is 12.1. The van der Waals surface area contributed by atoms with Gasteiger partial charge in [-0.05, 0) is 48.9 Å². The van der Waals surface area contributed by atoms with Crippen molar-refractivity contribution in [3.63, 3.8) is 0 Å². The third-order valence-electron chi connectivity index (χ3n) is 4.87. The molecule has 0 spiro atoms. The van der Waals surface area contributed by atoms with Gasteiger partial charge in [-0.15, -0.1) is 0 Å². The SMILES string of the molecule is COc1ccc(S(=O)(=O)N(c2ccc(OC)c(OC)c2)[C@H](C)c2ccccc2)cc1. The third kappa shape index (κ3) is 4.21. The highest BCUT2D eigenvalue weighted by molar-refractivity contribution is 7.92. The molecule has 1 atom stereocenters. The lowest BCUT2D eigenvalue weighted by atomic mass is 10.1. The fraction of sp³-hybridized carbons (Fsp3) is 0.217. The second kappa shape index (κ2) is 9.09. The summed E-state index contributed by atoms with van der Waals surface area (Å²) in [6, 6.07) is 20.4. The van der Waals surface area contributed by atoms with Crippen LogP contribution in [-0.2, 0) is 10.0 Å². The average Bonchev–Trinajstić information content (AvgIpc) is 2.79. The van der Waals surface area contributed by atoms with Crippen LogP contribution in [0.2, 0.25) is 0 Å². The van der Waals surface area contributed by atoms with Gasteiger partial charge in [0, 0.05) is 6.07 Å². The van der Waals surface area contributed by atoms with E-state index in [0.29, 0.717) is 22.9 Å². The van der Waals surface area contributed by atoms with Gasteiger partial charge in [0.1, 0.15) is 5.75 Å². The van der Waals surface area contributed by atoms with E-state index >= 15 is 0 Å². The highest BCUT2D eigenvalue weighted by atomic mass is 32.2. The molecule has 3 rings (SSSR count). The van der Waals surface area contributed by atoms with Crippen molar-refractivity contribution < 1.29 is 22.6 Å². The summed E-state index contributed by atoms with van der Waals surface area (Å²) in [7, 11) is 0.705. The molecule has 0 fully saturated rings. The van der Waals surface area contributed by atoms with Gasteiger partial charge in [0.25, 0.3) is 10.0 Å². The molecule has 0 aliphatic heterocycles. The van der Waals surface area contributed by atoms with E-state index in [1.54, 1.807) is 42.5 Å². The fourth-order valence-electron chi connectivity index (χ4n) is 3.26. The summed E-state index contributed by atoms with van der Waals surface area (Å²) in [6.07, 6.45) is 0. The number of ether oxygens (including phenoxy) is 3. The van der Waals surface area contributed by atoms with E-state index in [1.165, 1.54) is 25.6 Å². The van der Waals surface area contributed by atoms with Gasteiger partial charge in [-0.1, -0.05) is 30.3 Å². The summed E-state index contributed by atoms with van der Waals surface area (Å²) in [5.41, 5.74) is 1.34. The van der Waals surface area contributed by atoms with Crippen LogP contribution in [-0.4, -0.2) is 29.7 Å². The van der Waals surface area contributed by atoms with Crippen LogP contribution < -0.4 is 18.5 Å². The van der Waals surface area contributed by atoms with Crippen LogP contribution in [0, 0.1) is 0 Å². The summed E-state index contributed by atoms with van der Waals surface area (Å²) in [4.78, 5) is 0.167. The molecule has 6 nitrogen and oxygen atoms in total. The Morgan fingerprint density at radius 1 is 0.767 bits per heavy atom. The van der Waals surface area contributed by atoms with Crippen molar-refractivity contribution in [2.75, 3.05) is 25.6 Å². The number of methoxy groups -OCH3 is 3. The fourth-order valence-corrected chi connectivity index (χ4v) is 4.90. The van der Waals surface area contributed by atoms with Crippen LogP contribution in [0.3, 0.4) is 0 Å². The Morgan fingerprint density at radius 3 is 1.97 bits per heavy atom. The maximum Gasteiger partial charge on any atom is 0.264 e. The average molecular weight is 428 g/mol. The molecule has 0 bridgehead atoms. The molecular formula is C23H25NO5S. The van der Waals surface area contributed by atoms with Crippen LogP contribution in [0.25, 0.3) is 0 Å². The minimum absolute atomic E-state index is 0.167. The van der Waals surface area contributed by atoms with Gasteiger partial charge in [-0.2, -0.15) is 0 Å². The summed E-state index contributed by atoms with van der Waals surface area (Å²) in [5, 5.41) is 0. The largest absolute Gasteiger partial charge is 0.497 e. The third-order valence-corrected chi connectivity index (χ3v) is 6.78. The lowest BCUT2D eigenvalue weighted by Gasteiger charge is -2.31. The monoisotopic (exact) mass is 427 g/mol. The summed E-state index contributed by atoms with van der Waals surface area (Å²) >= 11 is 0. The van der Waals surface area contributed by atoms with E-state index in [2.05, 4.69) is 0 Å². The van der Waals surface area contributed by atoms with E-state index in [4.69, 9.17) is 14.2 Å². The zero-order valence-electron chi connectivity index (χ0n) is 17.4. The summed E-state index contributed by atoms with van der Waals surface area (Å²) in [6.45, 7) is 1.85. The molecule has 158 valence electrons. The molecule has 0 aromatic heterocycles. The Bertz CT molecular complexity index is 1080. The molecule has 0 saturated carbocycles. The first-order valence-corrected chi connectivity index (χ1v) is 10.8. The molecule has 0 saturated heterocycles. The van der Waals surface area contributed by atoms with Crippen molar-refractivity contribution in [3.05, 3.63) is 78.4 Å². The molecule has 0 aliphatic rings. The predicted octanol–water partition coefficient (Wildman–Crippen LogP) is 4.67. The number of hydrogen-bond donors (Lipinski definition) is 0. The van der Waals surface area contributed by atoms with E-state index < -0.39 is 16.1 Å². The van der Waals surface area contributed by atoms with Gasteiger partial charge < -0.3 is 14.2 Å². The zero-order valence-corrected chi connectivity index (χ0v) is 18.2. The van der Waals surface area contributed by atoms with E-state index in [9.17, 15) is 8.42 Å². The maximum absolute atomic E-state index is 13.7. The van der Waals surface area contributed by atoms with Crippen molar-refractivity contribution in [3.8, 4) is 17.2 Å². The highest BCUT2D eigenvalue weighted by Gasteiger charge is 2.31. The molecule has 7 heteroatoms. The van der Waals surface area contributed by atoms with Crippen molar-refractivity contribution in [1.29, 1.82) is 0 Å². The highest BCUT2D eigenvalue weighted by Crippen LogP contribution is 2.38. The number of rotatable bonds is 8. The first-order chi connectivity index (χ1) is 14.4. The molecule has 3 aromatic carbocycles. The van der Waals surface area contributed by atoms with Crippen LogP contribution >= 0.6 is 0 Å². The summed E-state index contributed by atoms with van der Waals surface area (Å²) < 4.78 is 44.7. The van der Waals surface area contributed by atoms with Crippen molar-refractivity contribution in [2.45, 2.75) is 17.9 Å². The lowest BCUT2D eigenvalue weighted by Crippen LogP contribution is -2.33. The first-order valence-electron chi connectivity index (χ1n) is 9.38. The van der Waals surface area contributed by atoms with Crippen LogP contribution in [0.4, 0.5) is 5.69 Å². The second-order valence-corrected chi connectivity index (χ2v) is 8.42. The number of hydrogen-bond acceptors (Lipinski definition) is 5. The van der Waals surface area contributed by atoms with Crippen molar-refractivity contribution in [2.24, 2.45) is 0 Å². The minimum Gasteiger partial charge on any atom is -0.497 e. The van der Waals surface area contributed by atoms with Crippen molar-refractivity contribution in [1.82, 2.24) is 0 Å². The molecule has 0 aliphatic carbocycles. The topological polar surface area (TPSA) is 65.1 Å². The summed E-state index contributed by atoms with van der Waals surface area (Å²) in [5.74, 6) is 1.56. The van der Waals surface area contributed by atoms with Crippen LogP contribution in [0.5, 0.6) is 17.2 Å². The van der Waals surface area contributed by atoms with Crippen LogP contribution in [0.1, 0.15) is 18.5 Å². The molecule has 0 N–H and O–H groups in total. The molecule has 0 amide bonds. The van der Waals surface area contributed by atoms with Gasteiger partial charge >= 0.3 is 0 Å². The van der Waals surface area contributed by atoms with Crippen molar-refractivity contribution >= 4 is 15.7 Å². The number of benzene rings is 3. The molecule has 3 aromatic rings. The lowest BCUT2D eigenvalue weighted by molar-refractivity contribution is 0.355. The van der Waals surface area contributed by atoms with E-state index in [-0.39, 0.29) is 4.90 Å². The Labute approximate surface area is 177 Å². The number of nitrogens with zero attached hydrogens (tertiary/aromatic N) is 1. The molecule has 30 heavy (non-hydrogen) atoms. The first kappa shape index (κ1) is 21.5. The Morgan fingerprint density at radius 2 is 1.40 bits per heavy atom. The van der Waals surface area contributed by atoms with Gasteiger partial charge in [0.15, 0.2) is 11.5 Å². The molecular weight excluding hydrogens is 402 g/mol. The molecule has 0 radical (unpaired) electrons. The Hall–Kier alpha value is -3.19. The standard InChI is InChI=1S/C23H25NO5S/c1-17(18-8-6-5-7-9-18)24(19-10-15-22(28-3)23(16-19)29-4)30(25,26)21-13-11-20(27-2)12-14-21/h5-17H,1-4H3/t17-/m1/s1. The van der Waals surface area contributed by atoms with E-state index in [0.717, 1.165) is 5.56 Å². The quantitative estimate of drug-likeness (QED) is 0.523. The Kier molecular flexibility index (Phi) is 6.52. The number of anilines is 1. The Balaban J connectivity index is 2.16. The van der Waals surface area contributed by atoms with E-state index in [1.807, 2.05) is 37.3 Å².